The molecule has 4 nitrogen and oxygen atoms in total. The minimum Gasteiger partial charge on any atom is -0.385 e. The predicted molar refractivity (Wildman–Crippen MR) is 74.8 cm³/mol. The summed E-state index contributed by atoms with van der Waals surface area (Å²) in [7, 11) is 3.75. The Kier molecular flexibility index (Phi) is 7.83. The maximum absolute atomic E-state index is 8.85. The van der Waals surface area contributed by atoms with Gasteiger partial charge < -0.3 is 9.47 Å². The summed E-state index contributed by atoms with van der Waals surface area (Å²) >= 11 is 0. The lowest BCUT2D eigenvalue weighted by Gasteiger charge is -2.16. The zero-order valence-corrected chi connectivity index (χ0v) is 11.8. The normalized spacial score (nSPS) is 10.6. The fraction of sp³-hybridized carbons (Fsp3) is 0.533. The molecule has 0 amide bonds. The van der Waals surface area contributed by atoms with E-state index in [9.17, 15) is 0 Å². The lowest BCUT2D eigenvalue weighted by molar-refractivity contribution is 0.0876. The Bertz CT molecular complexity index is 401. The summed E-state index contributed by atoms with van der Waals surface area (Å²) in [5.41, 5.74) is 1.86. The van der Waals surface area contributed by atoms with Crippen molar-refractivity contribution in [1.29, 1.82) is 5.26 Å². The molecule has 0 N–H and O–H groups in total. The molecule has 1 aromatic rings. The lowest BCUT2D eigenvalue weighted by atomic mass is 10.1. The highest BCUT2D eigenvalue weighted by atomic mass is 16.5. The molecule has 0 aromatic heterocycles. The minimum atomic E-state index is 0.710. The third kappa shape index (κ3) is 6.92. The number of benzene rings is 1. The molecule has 0 spiro atoms. The molecule has 0 saturated carbocycles. The van der Waals surface area contributed by atoms with Gasteiger partial charge in [0.25, 0.3) is 0 Å². The van der Waals surface area contributed by atoms with E-state index >= 15 is 0 Å². The number of methoxy groups -OCH3 is 1. The van der Waals surface area contributed by atoms with E-state index in [1.54, 1.807) is 7.11 Å². The van der Waals surface area contributed by atoms with Gasteiger partial charge in [-0.15, -0.1) is 0 Å². The molecule has 0 radical (unpaired) electrons. The van der Waals surface area contributed by atoms with Gasteiger partial charge in [-0.25, -0.2) is 0 Å². The van der Waals surface area contributed by atoms with Gasteiger partial charge in [0.1, 0.15) is 0 Å². The van der Waals surface area contributed by atoms with E-state index in [0.717, 1.165) is 44.9 Å². The molecule has 19 heavy (non-hydrogen) atoms. The molecule has 0 aliphatic carbocycles. The summed E-state index contributed by atoms with van der Waals surface area (Å²) < 4.78 is 10.5. The van der Waals surface area contributed by atoms with Crippen molar-refractivity contribution in [2.75, 3.05) is 40.5 Å². The molecule has 104 valence electrons. The zero-order chi connectivity index (χ0) is 13.9. The molecule has 0 aliphatic rings. The van der Waals surface area contributed by atoms with Gasteiger partial charge in [0.15, 0.2) is 0 Å². The number of hydrogen-bond donors (Lipinski definition) is 0. The summed E-state index contributed by atoms with van der Waals surface area (Å²) in [6.45, 7) is 3.92. The van der Waals surface area contributed by atoms with Gasteiger partial charge in [-0.3, -0.25) is 4.90 Å². The lowest BCUT2D eigenvalue weighted by Crippen LogP contribution is -2.23. The fourth-order valence-electron chi connectivity index (χ4n) is 1.76. The van der Waals surface area contributed by atoms with Crippen LogP contribution in [0.15, 0.2) is 24.3 Å². The molecule has 0 unspecified atom stereocenters. The highest BCUT2D eigenvalue weighted by Crippen LogP contribution is 2.06. The van der Waals surface area contributed by atoms with Crippen LogP contribution in [0.25, 0.3) is 0 Å². The summed E-state index contributed by atoms with van der Waals surface area (Å²) in [5, 5.41) is 8.85. The average molecular weight is 262 g/mol. The molecule has 0 bridgehead atoms. The highest BCUT2D eigenvalue weighted by molar-refractivity contribution is 5.32. The van der Waals surface area contributed by atoms with Crippen LogP contribution in [0.1, 0.15) is 17.5 Å². The average Bonchev–Trinajstić information content (AvgIpc) is 2.43. The molecule has 1 rings (SSSR count). The van der Waals surface area contributed by atoms with Crippen LogP contribution in [0.4, 0.5) is 0 Å². The van der Waals surface area contributed by atoms with Gasteiger partial charge in [-0.1, -0.05) is 12.1 Å². The standard InChI is InChI=1S/C15H22N2O2/c1-17(7-10-19-9-4-8-18-2)13-15-6-3-5-14(11-15)12-16/h3,5-6,11H,4,7-10,13H2,1-2H3. The largest absolute Gasteiger partial charge is 0.385 e. The Morgan fingerprint density at radius 3 is 2.84 bits per heavy atom. The minimum absolute atomic E-state index is 0.710. The van der Waals surface area contributed by atoms with Crippen LogP contribution >= 0.6 is 0 Å². The Hall–Kier alpha value is -1.41. The number of hydrogen-bond acceptors (Lipinski definition) is 4. The van der Waals surface area contributed by atoms with Crippen molar-refractivity contribution < 1.29 is 9.47 Å². The van der Waals surface area contributed by atoms with Crippen LogP contribution in [0.2, 0.25) is 0 Å². The van der Waals surface area contributed by atoms with E-state index in [0.29, 0.717) is 5.56 Å². The summed E-state index contributed by atoms with van der Waals surface area (Å²) in [4.78, 5) is 2.19. The first-order valence-corrected chi connectivity index (χ1v) is 6.50. The summed E-state index contributed by atoms with van der Waals surface area (Å²) in [6, 6.07) is 9.86. The highest BCUT2D eigenvalue weighted by Gasteiger charge is 2.01. The Labute approximate surface area is 115 Å². The van der Waals surface area contributed by atoms with E-state index in [4.69, 9.17) is 14.7 Å². The van der Waals surface area contributed by atoms with Gasteiger partial charge in [0.2, 0.25) is 0 Å². The third-order valence-corrected chi connectivity index (χ3v) is 2.76. The van der Waals surface area contributed by atoms with Crippen LogP contribution in [0.5, 0.6) is 0 Å². The topological polar surface area (TPSA) is 45.5 Å². The smallest absolute Gasteiger partial charge is 0.0991 e. The number of nitriles is 1. The van der Waals surface area contributed by atoms with E-state index in [1.165, 1.54) is 0 Å². The second-order valence-electron chi connectivity index (χ2n) is 4.51. The van der Waals surface area contributed by atoms with Gasteiger partial charge in [-0.2, -0.15) is 5.26 Å². The van der Waals surface area contributed by atoms with Gasteiger partial charge in [0.05, 0.1) is 18.2 Å². The second-order valence-corrected chi connectivity index (χ2v) is 4.51. The maximum atomic E-state index is 8.85. The van der Waals surface area contributed by atoms with E-state index in [1.807, 2.05) is 24.3 Å². The Morgan fingerprint density at radius 1 is 1.26 bits per heavy atom. The first-order valence-electron chi connectivity index (χ1n) is 6.50. The monoisotopic (exact) mass is 262 g/mol. The van der Waals surface area contributed by atoms with Crippen molar-refractivity contribution in [2.45, 2.75) is 13.0 Å². The second kappa shape index (κ2) is 9.51. The Morgan fingerprint density at radius 2 is 2.11 bits per heavy atom. The zero-order valence-electron chi connectivity index (χ0n) is 11.8. The first kappa shape index (κ1) is 15.6. The van der Waals surface area contributed by atoms with Gasteiger partial charge in [0, 0.05) is 33.4 Å². The quantitative estimate of drug-likeness (QED) is 0.639. The molecule has 0 atom stereocenters. The Balaban J connectivity index is 2.20. The van der Waals surface area contributed by atoms with Crippen molar-refractivity contribution in [2.24, 2.45) is 0 Å². The van der Waals surface area contributed by atoms with Gasteiger partial charge in [-0.05, 0) is 31.2 Å². The number of nitrogens with zero attached hydrogens (tertiary/aromatic N) is 2. The van der Waals surface area contributed by atoms with Crippen LogP contribution in [0, 0.1) is 11.3 Å². The van der Waals surface area contributed by atoms with E-state index < -0.39 is 0 Å². The molecule has 0 aliphatic heterocycles. The van der Waals surface area contributed by atoms with Crippen molar-refractivity contribution >= 4 is 0 Å². The molecule has 0 heterocycles. The maximum Gasteiger partial charge on any atom is 0.0991 e. The molecule has 0 fully saturated rings. The van der Waals surface area contributed by atoms with E-state index in [-0.39, 0.29) is 0 Å². The van der Waals surface area contributed by atoms with Crippen molar-refractivity contribution in [3.8, 4) is 6.07 Å². The first-order chi connectivity index (χ1) is 9.26. The van der Waals surface area contributed by atoms with Crippen molar-refractivity contribution in [1.82, 2.24) is 4.90 Å². The molecular formula is C15H22N2O2. The number of rotatable bonds is 9. The SMILES string of the molecule is COCCCOCCN(C)Cc1cccc(C#N)c1. The molecule has 1 aromatic carbocycles. The molecular weight excluding hydrogens is 240 g/mol. The van der Waals surface area contributed by atoms with Crippen molar-refractivity contribution in [3.05, 3.63) is 35.4 Å². The van der Waals surface area contributed by atoms with Gasteiger partial charge >= 0.3 is 0 Å². The number of ether oxygens (including phenoxy) is 2. The molecule has 4 heteroatoms. The van der Waals surface area contributed by atoms with Crippen LogP contribution < -0.4 is 0 Å². The molecule has 0 saturated heterocycles. The third-order valence-electron chi connectivity index (χ3n) is 2.76. The summed E-state index contributed by atoms with van der Waals surface area (Å²) in [6.07, 6.45) is 0.935. The van der Waals surface area contributed by atoms with E-state index in [2.05, 4.69) is 18.0 Å². The van der Waals surface area contributed by atoms with Crippen LogP contribution in [-0.2, 0) is 16.0 Å². The number of likely N-dealkylation sites (N-methyl/N-ethyl adjacent to an activating group) is 1. The van der Waals surface area contributed by atoms with Crippen LogP contribution in [0.3, 0.4) is 0 Å². The van der Waals surface area contributed by atoms with Crippen molar-refractivity contribution in [3.63, 3.8) is 0 Å². The fourth-order valence-corrected chi connectivity index (χ4v) is 1.76. The summed E-state index contributed by atoms with van der Waals surface area (Å²) in [5.74, 6) is 0. The van der Waals surface area contributed by atoms with Crippen LogP contribution in [-0.4, -0.2) is 45.4 Å². The predicted octanol–water partition coefficient (Wildman–Crippen LogP) is 2.04.